The van der Waals surface area contributed by atoms with Gasteiger partial charge in [-0.2, -0.15) is 61.0 Å². The van der Waals surface area contributed by atoms with E-state index in [9.17, 15) is 0 Å². The van der Waals surface area contributed by atoms with Gasteiger partial charge in [0.25, 0.3) is 0 Å². The molecule has 0 aromatic heterocycles. The fourth-order valence-corrected chi connectivity index (χ4v) is 2.14. The van der Waals surface area contributed by atoms with Gasteiger partial charge < -0.3 is 6.15 Å². The molecule has 0 spiro atoms. The third-order valence-electron chi connectivity index (χ3n) is 1.43. The van der Waals surface area contributed by atoms with Crippen molar-refractivity contribution in [2.45, 2.75) is 47.7 Å². The lowest BCUT2D eigenvalue weighted by atomic mass is 10.2. The predicted octanol–water partition coefficient (Wildman–Crippen LogP) is 3.20. The monoisotopic (exact) mass is 311 g/mol. The van der Waals surface area contributed by atoms with Gasteiger partial charge in [0.2, 0.25) is 0 Å². The standard InChI is InChI=1S/2C5H9NS2.H3N/c2*1-4(7)2-5(8)3-6;/h2*4-5,7-8H,2H2,1H3;1H3. The Bertz CT molecular complexity index is 219. The highest BCUT2D eigenvalue weighted by Gasteiger charge is 2.03. The van der Waals surface area contributed by atoms with Crippen LogP contribution >= 0.6 is 50.5 Å². The average molecular weight is 312 g/mol. The zero-order valence-electron chi connectivity index (χ0n) is 10.1. The molecule has 4 unspecified atom stereocenters. The van der Waals surface area contributed by atoms with Gasteiger partial charge in [-0.1, -0.05) is 13.8 Å². The second-order valence-electron chi connectivity index (χ2n) is 3.46. The van der Waals surface area contributed by atoms with E-state index in [1.807, 2.05) is 26.0 Å². The fourth-order valence-electron chi connectivity index (χ4n) is 0.752. The van der Waals surface area contributed by atoms with E-state index >= 15 is 0 Å². The highest BCUT2D eigenvalue weighted by Crippen LogP contribution is 2.08. The Morgan fingerprint density at radius 3 is 1.12 bits per heavy atom. The first-order valence-electron chi connectivity index (χ1n) is 4.85. The lowest BCUT2D eigenvalue weighted by Gasteiger charge is -2.01. The summed E-state index contributed by atoms with van der Waals surface area (Å²) in [4.78, 5) is 0. The Hall–Kier alpha value is 0.340. The first-order valence-corrected chi connectivity index (χ1v) is 6.91. The number of hydrogen-bond acceptors (Lipinski definition) is 7. The van der Waals surface area contributed by atoms with Crippen molar-refractivity contribution < 1.29 is 0 Å². The molecule has 0 radical (unpaired) electrons. The molecule has 0 aliphatic heterocycles. The summed E-state index contributed by atoms with van der Waals surface area (Å²) in [5, 5.41) is 16.7. The minimum Gasteiger partial charge on any atom is -0.344 e. The van der Waals surface area contributed by atoms with E-state index < -0.39 is 0 Å². The van der Waals surface area contributed by atoms with Crippen LogP contribution in [0.25, 0.3) is 0 Å². The van der Waals surface area contributed by atoms with Crippen LogP contribution in [0.15, 0.2) is 0 Å². The van der Waals surface area contributed by atoms with Crippen LogP contribution < -0.4 is 6.15 Å². The molecule has 3 nitrogen and oxygen atoms in total. The molecular formula is C10H21N3S4. The lowest BCUT2D eigenvalue weighted by molar-refractivity contribution is 0.861. The zero-order chi connectivity index (χ0) is 13.1. The van der Waals surface area contributed by atoms with E-state index in [1.54, 1.807) is 0 Å². The minimum absolute atomic E-state index is 0. The number of rotatable bonds is 4. The fraction of sp³-hybridized carbons (Fsp3) is 0.800. The van der Waals surface area contributed by atoms with Gasteiger partial charge in [0, 0.05) is 10.5 Å². The summed E-state index contributed by atoms with van der Waals surface area (Å²) >= 11 is 16.1. The van der Waals surface area contributed by atoms with Crippen molar-refractivity contribution in [2.24, 2.45) is 0 Å². The molecule has 7 heteroatoms. The van der Waals surface area contributed by atoms with Gasteiger partial charge in [0.05, 0.1) is 22.6 Å². The smallest absolute Gasteiger partial charge is 0.0897 e. The number of nitrogens with zero attached hydrogens (tertiary/aromatic N) is 2. The molecule has 0 aliphatic rings. The molecule has 0 saturated carbocycles. The van der Waals surface area contributed by atoms with Crippen molar-refractivity contribution in [2.75, 3.05) is 0 Å². The molecule has 0 rings (SSSR count). The van der Waals surface area contributed by atoms with Crippen LogP contribution in [0, 0.1) is 22.7 Å². The highest BCUT2D eigenvalue weighted by molar-refractivity contribution is 7.82. The second kappa shape index (κ2) is 14.4. The van der Waals surface area contributed by atoms with Crippen LogP contribution in [0.2, 0.25) is 0 Å². The van der Waals surface area contributed by atoms with Gasteiger partial charge >= 0.3 is 0 Å². The molecule has 0 heterocycles. The Kier molecular flexibility index (Phi) is 19.1. The van der Waals surface area contributed by atoms with E-state index in [0.717, 1.165) is 12.8 Å². The van der Waals surface area contributed by atoms with Crippen molar-refractivity contribution >= 4 is 50.5 Å². The van der Waals surface area contributed by atoms with Gasteiger partial charge in [0.1, 0.15) is 0 Å². The Balaban J connectivity index is -0.000000218. The van der Waals surface area contributed by atoms with Crippen LogP contribution in [0.4, 0.5) is 0 Å². The first kappa shape index (κ1) is 22.5. The molecule has 17 heavy (non-hydrogen) atoms. The van der Waals surface area contributed by atoms with Gasteiger partial charge in [0.15, 0.2) is 0 Å². The van der Waals surface area contributed by atoms with E-state index in [0.29, 0.717) is 0 Å². The molecule has 0 fully saturated rings. The van der Waals surface area contributed by atoms with Crippen LogP contribution in [0.3, 0.4) is 0 Å². The Morgan fingerprint density at radius 2 is 1.06 bits per heavy atom. The predicted molar refractivity (Wildman–Crippen MR) is 87.9 cm³/mol. The number of thiol groups is 4. The maximum atomic E-state index is 8.22. The molecule has 0 aromatic carbocycles. The molecule has 0 amide bonds. The summed E-state index contributed by atoms with van der Waals surface area (Å²) in [5.41, 5.74) is 0. The lowest BCUT2D eigenvalue weighted by Crippen LogP contribution is -2.01. The van der Waals surface area contributed by atoms with E-state index in [-0.39, 0.29) is 27.2 Å². The van der Waals surface area contributed by atoms with Gasteiger partial charge in [-0.3, -0.25) is 0 Å². The number of hydrogen-bond donors (Lipinski definition) is 5. The third kappa shape index (κ3) is 22.1. The molecule has 4 atom stereocenters. The van der Waals surface area contributed by atoms with Crippen molar-refractivity contribution in [3.63, 3.8) is 0 Å². The number of nitriles is 2. The van der Waals surface area contributed by atoms with Crippen molar-refractivity contribution in [3.8, 4) is 12.1 Å². The Morgan fingerprint density at radius 1 is 0.824 bits per heavy atom. The maximum Gasteiger partial charge on any atom is 0.0897 e. The second-order valence-corrected chi connectivity index (χ2v) is 6.47. The van der Waals surface area contributed by atoms with Crippen LogP contribution in [-0.4, -0.2) is 21.0 Å². The van der Waals surface area contributed by atoms with Crippen LogP contribution in [0.5, 0.6) is 0 Å². The quantitative estimate of drug-likeness (QED) is 0.517. The highest BCUT2D eigenvalue weighted by atomic mass is 32.1. The molecular weight excluding hydrogens is 290 g/mol. The van der Waals surface area contributed by atoms with E-state index in [1.165, 1.54) is 0 Å². The zero-order valence-corrected chi connectivity index (χ0v) is 13.7. The first-order chi connectivity index (χ1) is 7.33. The summed E-state index contributed by atoms with van der Waals surface area (Å²) in [5.74, 6) is 0. The molecule has 0 aliphatic carbocycles. The van der Waals surface area contributed by atoms with Crippen LogP contribution in [0.1, 0.15) is 26.7 Å². The van der Waals surface area contributed by atoms with E-state index in [2.05, 4.69) is 50.5 Å². The largest absolute Gasteiger partial charge is 0.344 e. The van der Waals surface area contributed by atoms with Crippen molar-refractivity contribution in [3.05, 3.63) is 0 Å². The molecule has 3 N–H and O–H groups in total. The molecule has 0 bridgehead atoms. The minimum atomic E-state index is -0.150. The maximum absolute atomic E-state index is 8.22. The topological polar surface area (TPSA) is 82.6 Å². The SMILES string of the molecule is CC(S)CC(S)C#N.CC(S)CC(S)C#N.N. The molecule has 100 valence electrons. The Labute approximate surface area is 127 Å². The van der Waals surface area contributed by atoms with Gasteiger partial charge in [-0.25, -0.2) is 0 Å². The average Bonchev–Trinajstić information content (AvgIpc) is 2.16. The van der Waals surface area contributed by atoms with E-state index in [4.69, 9.17) is 10.5 Å². The summed E-state index contributed by atoms with van der Waals surface area (Å²) in [6, 6.07) is 4.02. The summed E-state index contributed by atoms with van der Waals surface area (Å²) < 4.78 is 0. The normalized spacial score (nSPS) is 15.8. The third-order valence-corrected chi connectivity index (χ3v) is 2.50. The molecule has 0 aromatic rings. The van der Waals surface area contributed by atoms with Gasteiger partial charge in [-0.15, -0.1) is 0 Å². The summed E-state index contributed by atoms with van der Waals surface area (Å²) in [6.45, 7) is 3.90. The van der Waals surface area contributed by atoms with Crippen molar-refractivity contribution in [1.29, 1.82) is 10.5 Å². The van der Waals surface area contributed by atoms with Gasteiger partial charge in [-0.05, 0) is 12.8 Å². The summed E-state index contributed by atoms with van der Waals surface area (Å²) in [6.07, 6.45) is 1.51. The van der Waals surface area contributed by atoms with Crippen molar-refractivity contribution in [1.82, 2.24) is 6.15 Å². The van der Waals surface area contributed by atoms with Crippen LogP contribution in [-0.2, 0) is 0 Å². The molecule has 0 saturated heterocycles. The summed E-state index contributed by atoms with van der Waals surface area (Å²) in [7, 11) is 0.